The molecule has 5 nitrogen and oxygen atoms in total. The minimum Gasteiger partial charge on any atom is -0.464 e. The number of aromatic nitrogens is 3. The number of hydrogen-bond acceptors (Lipinski definition) is 5. The molecule has 0 spiro atoms. The number of nitrogens with zero attached hydrogens (tertiary/aromatic N) is 3. The van der Waals surface area contributed by atoms with Gasteiger partial charge in [0.05, 0.1) is 18.8 Å². The lowest BCUT2D eigenvalue weighted by atomic mass is 9.78. The van der Waals surface area contributed by atoms with Crippen LogP contribution in [0.25, 0.3) is 0 Å². The molecule has 0 unspecified atom stereocenters. The van der Waals surface area contributed by atoms with E-state index in [0.29, 0.717) is 0 Å². The number of carbonyl (C=O) groups is 1. The Morgan fingerprint density at radius 1 is 1.73 bits per heavy atom. The molecule has 1 saturated carbocycles. The SMILES string of the molecule is COC(=O)c1cn(C2(CS)CCC2)nn1. The van der Waals surface area contributed by atoms with Gasteiger partial charge in [0.25, 0.3) is 0 Å². The minimum atomic E-state index is -0.449. The van der Waals surface area contributed by atoms with Crippen molar-refractivity contribution < 1.29 is 9.53 Å². The second-order valence-electron chi connectivity index (χ2n) is 3.78. The molecule has 0 N–H and O–H groups in total. The van der Waals surface area contributed by atoms with Gasteiger partial charge in [-0.3, -0.25) is 0 Å². The summed E-state index contributed by atoms with van der Waals surface area (Å²) < 4.78 is 6.32. The van der Waals surface area contributed by atoms with Crippen LogP contribution in [-0.4, -0.2) is 33.8 Å². The van der Waals surface area contributed by atoms with Crippen LogP contribution in [0, 0.1) is 0 Å². The average Bonchev–Trinajstić information content (AvgIpc) is 2.65. The summed E-state index contributed by atoms with van der Waals surface area (Å²) in [7, 11) is 1.33. The van der Waals surface area contributed by atoms with Crippen LogP contribution >= 0.6 is 12.6 Å². The van der Waals surface area contributed by atoms with E-state index in [4.69, 9.17) is 0 Å². The summed E-state index contributed by atoms with van der Waals surface area (Å²) in [5.74, 6) is 0.270. The summed E-state index contributed by atoms with van der Waals surface area (Å²) >= 11 is 4.32. The zero-order chi connectivity index (χ0) is 10.9. The van der Waals surface area contributed by atoms with Gasteiger partial charge in [0, 0.05) is 5.75 Å². The van der Waals surface area contributed by atoms with Crippen molar-refractivity contribution in [2.75, 3.05) is 12.9 Å². The van der Waals surface area contributed by atoms with E-state index >= 15 is 0 Å². The highest BCUT2D eigenvalue weighted by molar-refractivity contribution is 7.80. The molecule has 1 aliphatic carbocycles. The molecule has 0 atom stereocenters. The fraction of sp³-hybridized carbons (Fsp3) is 0.667. The van der Waals surface area contributed by atoms with Gasteiger partial charge in [-0.15, -0.1) is 5.10 Å². The van der Waals surface area contributed by atoms with E-state index < -0.39 is 5.97 Å². The lowest BCUT2D eigenvalue weighted by molar-refractivity contribution is 0.0593. The molecule has 0 aliphatic heterocycles. The minimum absolute atomic E-state index is 0.0393. The van der Waals surface area contributed by atoms with Crippen molar-refractivity contribution in [3.05, 3.63) is 11.9 Å². The smallest absolute Gasteiger partial charge is 0.360 e. The number of methoxy groups -OCH3 is 1. The summed E-state index contributed by atoms with van der Waals surface area (Å²) in [6.45, 7) is 0. The Kier molecular flexibility index (Phi) is 2.68. The molecule has 1 heterocycles. The standard InChI is InChI=1S/C9H13N3O2S/c1-14-8(13)7-5-12(11-10-7)9(6-15)3-2-4-9/h5,15H,2-4,6H2,1H3. The molecule has 0 radical (unpaired) electrons. The Morgan fingerprint density at radius 2 is 2.47 bits per heavy atom. The van der Waals surface area contributed by atoms with E-state index in [9.17, 15) is 4.79 Å². The van der Waals surface area contributed by atoms with E-state index in [0.717, 1.165) is 18.6 Å². The van der Waals surface area contributed by atoms with Gasteiger partial charge in [-0.1, -0.05) is 5.21 Å². The van der Waals surface area contributed by atoms with Crippen LogP contribution in [0.5, 0.6) is 0 Å². The van der Waals surface area contributed by atoms with Crippen molar-refractivity contribution >= 4 is 18.6 Å². The molecule has 82 valence electrons. The Hall–Kier alpha value is -1.04. The monoisotopic (exact) mass is 227 g/mol. The Morgan fingerprint density at radius 3 is 2.93 bits per heavy atom. The molecule has 15 heavy (non-hydrogen) atoms. The number of esters is 1. The number of hydrogen-bond donors (Lipinski definition) is 1. The molecule has 2 rings (SSSR count). The van der Waals surface area contributed by atoms with E-state index in [1.54, 1.807) is 10.9 Å². The molecule has 1 fully saturated rings. The van der Waals surface area contributed by atoms with Gasteiger partial charge in [-0.05, 0) is 19.3 Å². The summed E-state index contributed by atoms with van der Waals surface area (Å²) in [4.78, 5) is 11.2. The third kappa shape index (κ3) is 1.62. The van der Waals surface area contributed by atoms with Crippen LogP contribution in [0.15, 0.2) is 6.20 Å². The van der Waals surface area contributed by atoms with Crippen molar-refractivity contribution in [1.29, 1.82) is 0 Å². The summed E-state index contributed by atoms with van der Waals surface area (Å²) in [6, 6.07) is 0. The van der Waals surface area contributed by atoms with Crippen molar-refractivity contribution in [3.8, 4) is 0 Å². The number of thiol groups is 1. The predicted molar refractivity (Wildman–Crippen MR) is 57.0 cm³/mol. The molecular formula is C9H13N3O2S. The molecular weight excluding hydrogens is 214 g/mol. The van der Waals surface area contributed by atoms with Crippen LogP contribution in [-0.2, 0) is 10.3 Å². The van der Waals surface area contributed by atoms with E-state index in [-0.39, 0.29) is 11.2 Å². The first-order valence-corrected chi connectivity index (χ1v) is 5.47. The molecule has 1 aliphatic rings. The van der Waals surface area contributed by atoms with E-state index in [1.165, 1.54) is 13.5 Å². The van der Waals surface area contributed by atoms with Crippen molar-refractivity contribution in [2.45, 2.75) is 24.8 Å². The zero-order valence-corrected chi connectivity index (χ0v) is 9.41. The number of rotatable bonds is 3. The second kappa shape index (κ2) is 3.84. The molecule has 0 aromatic carbocycles. The zero-order valence-electron chi connectivity index (χ0n) is 8.51. The quantitative estimate of drug-likeness (QED) is 0.615. The highest BCUT2D eigenvalue weighted by Crippen LogP contribution is 2.39. The first-order valence-electron chi connectivity index (χ1n) is 4.84. The van der Waals surface area contributed by atoms with Gasteiger partial charge in [-0.25, -0.2) is 9.48 Å². The highest BCUT2D eigenvalue weighted by Gasteiger charge is 2.39. The fourth-order valence-electron chi connectivity index (χ4n) is 1.74. The summed E-state index contributed by atoms with van der Waals surface area (Å²) in [6.07, 6.45) is 4.90. The van der Waals surface area contributed by atoms with Gasteiger partial charge in [0.2, 0.25) is 0 Å². The molecule has 0 bridgehead atoms. The van der Waals surface area contributed by atoms with Gasteiger partial charge in [-0.2, -0.15) is 12.6 Å². The molecule has 1 aromatic heterocycles. The van der Waals surface area contributed by atoms with Gasteiger partial charge in [0.1, 0.15) is 0 Å². The van der Waals surface area contributed by atoms with Crippen LogP contribution in [0.4, 0.5) is 0 Å². The first kappa shape index (κ1) is 10.5. The maximum Gasteiger partial charge on any atom is 0.360 e. The molecule has 6 heteroatoms. The predicted octanol–water partition coefficient (Wildman–Crippen LogP) is 0.874. The fourth-order valence-corrected chi connectivity index (χ4v) is 2.20. The van der Waals surface area contributed by atoms with Crippen molar-refractivity contribution in [2.24, 2.45) is 0 Å². The highest BCUT2D eigenvalue weighted by atomic mass is 32.1. The normalized spacial score (nSPS) is 18.3. The summed E-state index contributed by atoms with van der Waals surface area (Å²) in [5, 5.41) is 7.75. The number of ether oxygens (including phenoxy) is 1. The molecule has 0 saturated heterocycles. The van der Waals surface area contributed by atoms with Crippen LogP contribution in [0.1, 0.15) is 29.8 Å². The van der Waals surface area contributed by atoms with Gasteiger partial charge < -0.3 is 4.74 Å². The Bertz CT molecular complexity index is 368. The maximum absolute atomic E-state index is 11.2. The lowest BCUT2D eigenvalue weighted by Crippen LogP contribution is -2.42. The largest absolute Gasteiger partial charge is 0.464 e. The van der Waals surface area contributed by atoms with Crippen LogP contribution in [0.3, 0.4) is 0 Å². The lowest BCUT2D eigenvalue weighted by Gasteiger charge is -2.40. The third-order valence-electron chi connectivity index (χ3n) is 2.95. The summed E-state index contributed by atoms with van der Waals surface area (Å²) in [5.41, 5.74) is 0.216. The Labute approximate surface area is 93.2 Å². The first-order chi connectivity index (χ1) is 7.22. The molecule has 0 amide bonds. The molecule has 1 aromatic rings. The van der Waals surface area contributed by atoms with Crippen LogP contribution < -0.4 is 0 Å². The topological polar surface area (TPSA) is 57.0 Å². The Balaban J connectivity index is 2.23. The van der Waals surface area contributed by atoms with Gasteiger partial charge >= 0.3 is 5.97 Å². The van der Waals surface area contributed by atoms with Crippen LogP contribution in [0.2, 0.25) is 0 Å². The number of carbonyl (C=O) groups excluding carboxylic acids is 1. The maximum atomic E-state index is 11.2. The second-order valence-corrected chi connectivity index (χ2v) is 4.09. The van der Waals surface area contributed by atoms with Crippen molar-refractivity contribution in [3.63, 3.8) is 0 Å². The van der Waals surface area contributed by atoms with E-state index in [1.807, 2.05) is 0 Å². The van der Waals surface area contributed by atoms with E-state index in [2.05, 4.69) is 27.7 Å². The van der Waals surface area contributed by atoms with Gasteiger partial charge in [0.15, 0.2) is 5.69 Å². The average molecular weight is 227 g/mol. The third-order valence-corrected chi connectivity index (χ3v) is 3.54. The van der Waals surface area contributed by atoms with Crippen molar-refractivity contribution in [1.82, 2.24) is 15.0 Å².